The molecule has 30 heavy (non-hydrogen) atoms. The van der Waals surface area contributed by atoms with Gasteiger partial charge in [-0.3, -0.25) is 4.57 Å². The number of ether oxygens (including phenoxy) is 1. The van der Waals surface area contributed by atoms with Gasteiger partial charge in [0, 0.05) is 19.0 Å². The van der Waals surface area contributed by atoms with Crippen LogP contribution in [-0.2, 0) is 28.9 Å². The smallest absolute Gasteiger partial charge is 0.389 e. The van der Waals surface area contributed by atoms with Gasteiger partial charge in [0.2, 0.25) is 0 Å². The van der Waals surface area contributed by atoms with Crippen molar-refractivity contribution >= 4 is 17.8 Å². The summed E-state index contributed by atoms with van der Waals surface area (Å²) in [6, 6.07) is 1.27. The molecular formula is C18H19ClF5N3O3. The highest BCUT2D eigenvalue weighted by Crippen LogP contribution is 2.31. The number of rotatable bonds is 8. The summed E-state index contributed by atoms with van der Waals surface area (Å²) in [6.45, 7) is 0.563. The van der Waals surface area contributed by atoms with E-state index in [2.05, 4.69) is 14.7 Å². The molecule has 2 rings (SSSR count). The summed E-state index contributed by atoms with van der Waals surface area (Å²) in [6.07, 6.45) is -2.77. The minimum absolute atomic E-state index is 0.0314. The minimum atomic E-state index is -4.27. The first-order valence-electron chi connectivity index (χ1n) is 8.83. The van der Waals surface area contributed by atoms with Crippen molar-refractivity contribution in [2.24, 2.45) is 0 Å². The number of aromatic nitrogens is 3. The molecule has 6 nitrogen and oxygen atoms in total. The molecule has 12 heteroatoms. The predicted octanol–water partition coefficient (Wildman–Crippen LogP) is 4.95. The Morgan fingerprint density at radius 1 is 1.23 bits per heavy atom. The second-order valence-electron chi connectivity index (χ2n) is 5.90. The Bertz CT molecular complexity index is 865. The minimum Gasteiger partial charge on any atom is -0.431 e. The van der Waals surface area contributed by atoms with Gasteiger partial charge in [0.15, 0.2) is 11.6 Å². The molecule has 0 N–H and O–H groups in total. The summed E-state index contributed by atoms with van der Waals surface area (Å²) >= 11 is 6.32. The van der Waals surface area contributed by atoms with Crippen molar-refractivity contribution in [3.63, 3.8) is 0 Å². The monoisotopic (exact) mass is 455 g/mol. The zero-order valence-corrected chi connectivity index (χ0v) is 16.9. The standard InChI is InChI=1S/C17H19ClF5N3O.CO2/c1-3-11-14(18)26(13(4-2)25-11)15-12(27-16(19)20)8-10(9-24-15)6-5-7-17(21,22)23;2-1-3/h8-9,16H,3-7H2,1-2H3;. The van der Waals surface area contributed by atoms with Crippen molar-refractivity contribution in [1.82, 2.24) is 14.5 Å². The topological polar surface area (TPSA) is 74.1 Å². The number of carbonyl (C=O) groups excluding carboxylic acids is 2. The molecule has 0 spiro atoms. The van der Waals surface area contributed by atoms with Crippen LogP contribution in [0.4, 0.5) is 22.0 Å². The first-order chi connectivity index (χ1) is 14.1. The van der Waals surface area contributed by atoms with Gasteiger partial charge in [-0.05, 0) is 30.9 Å². The number of imidazole rings is 1. The summed E-state index contributed by atoms with van der Waals surface area (Å²) < 4.78 is 68.6. The van der Waals surface area contributed by atoms with Crippen molar-refractivity contribution in [2.75, 3.05) is 0 Å². The molecule has 0 aliphatic heterocycles. The van der Waals surface area contributed by atoms with Crippen molar-refractivity contribution in [3.8, 4) is 11.6 Å². The fraction of sp³-hybridized carbons (Fsp3) is 0.500. The molecule has 0 atom stereocenters. The lowest BCUT2D eigenvalue weighted by Gasteiger charge is -2.15. The second-order valence-corrected chi connectivity index (χ2v) is 6.26. The quantitative estimate of drug-likeness (QED) is 0.527. The lowest BCUT2D eigenvalue weighted by Crippen LogP contribution is -2.11. The molecule has 0 aromatic carbocycles. The summed E-state index contributed by atoms with van der Waals surface area (Å²) in [4.78, 5) is 24.7. The second kappa shape index (κ2) is 11.6. The predicted molar refractivity (Wildman–Crippen MR) is 95.8 cm³/mol. The summed E-state index contributed by atoms with van der Waals surface area (Å²) in [5.41, 5.74) is 0.955. The van der Waals surface area contributed by atoms with Crippen LogP contribution in [0.2, 0.25) is 5.15 Å². The van der Waals surface area contributed by atoms with Gasteiger partial charge in [-0.15, -0.1) is 0 Å². The van der Waals surface area contributed by atoms with Crippen molar-refractivity contribution in [3.05, 3.63) is 34.5 Å². The normalized spacial score (nSPS) is 11.1. The molecule has 0 amide bonds. The van der Waals surface area contributed by atoms with Crippen LogP contribution in [-0.4, -0.2) is 33.5 Å². The highest BCUT2D eigenvalue weighted by Gasteiger charge is 2.26. The van der Waals surface area contributed by atoms with Gasteiger partial charge in [-0.1, -0.05) is 25.4 Å². The Morgan fingerprint density at radius 3 is 2.37 bits per heavy atom. The molecule has 0 bridgehead atoms. The maximum atomic E-state index is 12.9. The number of alkyl halides is 5. The van der Waals surface area contributed by atoms with Gasteiger partial charge in [0.05, 0.1) is 5.69 Å². The Kier molecular flexibility index (Phi) is 9.88. The number of halogens is 6. The molecular weight excluding hydrogens is 437 g/mol. The van der Waals surface area contributed by atoms with Crippen LogP contribution < -0.4 is 4.74 Å². The lowest BCUT2D eigenvalue weighted by atomic mass is 10.1. The van der Waals surface area contributed by atoms with Gasteiger partial charge in [0.1, 0.15) is 11.0 Å². The first kappa shape index (κ1) is 25.5. The Morgan fingerprint density at radius 2 is 1.87 bits per heavy atom. The third-order valence-corrected chi connectivity index (χ3v) is 4.24. The Balaban J connectivity index is 0.00000141. The number of hydrogen-bond donors (Lipinski definition) is 0. The molecule has 166 valence electrons. The maximum absolute atomic E-state index is 12.9. The molecule has 0 aliphatic rings. The highest BCUT2D eigenvalue weighted by molar-refractivity contribution is 6.30. The molecule has 2 aromatic rings. The van der Waals surface area contributed by atoms with Crippen molar-refractivity contribution < 1.29 is 36.3 Å². The highest BCUT2D eigenvalue weighted by atomic mass is 35.5. The van der Waals surface area contributed by atoms with E-state index in [9.17, 15) is 22.0 Å². The van der Waals surface area contributed by atoms with E-state index in [1.54, 1.807) is 0 Å². The largest absolute Gasteiger partial charge is 0.431 e. The van der Waals surface area contributed by atoms with E-state index in [0.29, 0.717) is 29.9 Å². The van der Waals surface area contributed by atoms with Gasteiger partial charge in [-0.25, -0.2) is 9.97 Å². The number of pyridine rings is 1. The van der Waals surface area contributed by atoms with Crippen molar-refractivity contribution in [1.29, 1.82) is 0 Å². The van der Waals surface area contributed by atoms with Crippen LogP contribution in [0.15, 0.2) is 12.3 Å². The lowest BCUT2D eigenvalue weighted by molar-refractivity contribution is -0.191. The van der Waals surface area contributed by atoms with Gasteiger partial charge in [0.25, 0.3) is 0 Å². The zero-order valence-electron chi connectivity index (χ0n) is 16.1. The van der Waals surface area contributed by atoms with E-state index in [4.69, 9.17) is 21.2 Å². The third kappa shape index (κ3) is 7.38. The molecule has 0 saturated heterocycles. The van der Waals surface area contributed by atoms with Gasteiger partial charge >= 0.3 is 18.9 Å². The molecule has 0 aliphatic carbocycles. The average molecular weight is 456 g/mol. The zero-order chi connectivity index (χ0) is 22.9. The van der Waals surface area contributed by atoms with Crippen LogP contribution in [0.5, 0.6) is 5.75 Å². The fourth-order valence-electron chi connectivity index (χ4n) is 2.63. The van der Waals surface area contributed by atoms with Crippen LogP contribution in [0.3, 0.4) is 0 Å². The average Bonchev–Trinajstić information content (AvgIpc) is 2.97. The van der Waals surface area contributed by atoms with Gasteiger partial charge < -0.3 is 4.74 Å². The molecule has 2 heterocycles. The van der Waals surface area contributed by atoms with E-state index < -0.39 is 19.2 Å². The summed E-state index contributed by atoms with van der Waals surface area (Å²) in [5, 5.41) is 0.241. The third-order valence-electron chi connectivity index (χ3n) is 3.85. The van der Waals surface area contributed by atoms with E-state index in [1.807, 2.05) is 13.8 Å². The van der Waals surface area contributed by atoms with Crippen molar-refractivity contribution in [2.45, 2.75) is 58.7 Å². The van der Waals surface area contributed by atoms with Crippen LogP contribution >= 0.6 is 11.6 Å². The van der Waals surface area contributed by atoms with E-state index in [0.717, 1.165) is 0 Å². The summed E-state index contributed by atoms with van der Waals surface area (Å²) in [7, 11) is 0. The first-order valence-corrected chi connectivity index (χ1v) is 9.21. The molecule has 2 aromatic heterocycles. The Hall–Kier alpha value is -2.52. The number of aryl methyl sites for hydroxylation is 3. The van der Waals surface area contributed by atoms with E-state index in [-0.39, 0.29) is 35.7 Å². The SMILES string of the molecule is CCc1nc(CC)n(-c2ncc(CCCC(F)(F)F)cc2OC(F)F)c1Cl.O=C=O. The molecule has 0 radical (unpaired) electrons. The fourth-order valence-corrected chi connectivity index (χ4v) is 2.98. The maximum Gasteiger partial charge on any atom is 0.389 e. The number of nitrogens with zero attached hydrogens (tertiary/aromatic N) is 3. The number of hydrogen-bond acceptors (Lipinski definition) is 5. The van der Waals surface area contributed by atoms with Crippen LogP contribution in [0, 0.1) is 0 Å². The molecule has 0 fully saturated rings. The molecule has 0 unspecified atom stereocenters. The van der Waals surface area contributed by atoms with Crippen LogP contribution in [0.25, 0.3) is 5.82 Å². The molecule has 0 saturated carbocycles. The van der Waals surface area contributed by atoms with E-state index in [1.165, 1.54) is 16.8 Å². The van der Waals surface area contributed by atoms with E-state index >= 15 is 0 Å². The summed E-state index contributed by atoms with van der Waals surface area (Å²) in [5.74, 6) is 0.295. The van der Waals surface area contributed by atoms with Gasteiger partial charge in [-0.2, -0.15) is 31.5 Å². The Labute approximate surface area is 174 Å². The van der Waals surface area contributed by atoms with Crippen LogP contribution in [0.1, 0.15) is 43.8 Å².